The molecule has 110 valence electrons. The van der Waals surface area contributed by atoms with Crippen LogP contribution in [0, 0.1) is 13.8 Å². The standard InChI is InChI=1S/C17H26N2O/c1-13-6-7-14(2)17-16(13)15(5-3-12-20-17)19-10-4-8-18-9-11-19/h6-7,15,18H,3-5,8-12H2,1-2H3. The van der Waals surface area contributed by atoms with E-state index in [1.165, 1.54) is 36.1 Å². The Morgan fingerprint density at radius 3 is 2.85 bits per heavy atom. The Morgan fingerprint density at radius 2 is 1.95 bits per heavy atom. The van der Waals surface area contributed by atoms with E-state index >= 15 is 0 Å². The molecule has 3 rings (SSSR count). The Kier molecular flexibility index (Phi) is 4.27. The Balaban J connectivity index is 1.97. The van der Waals surface area contributed by atoms with Crippen LogP contribution >= 0.6 is 0 Å². The van der Waals surface area contributed by atoms with Crippen LogP contribution in [0.4, 0.5) is 0 Å². The predicted octanol–water partition coefficient (Wildman–Crippen LogP) is 2.81. The van der Waals surface area contributed by atoms with E-state index in [1.54, 1.807) is 0 Å². The molecule has 20 heavy (non-hydrogen) atoms. The maximum atomic E-state index is 6.07. The molecule has 1 aromatic carbocycles. The van der Waals surface area contributed by atoms with Gasteiger partial charge in [0.1, 0.15) is 5.75 Å². The van der Waals surface area contributed by atoms with Crippen LogP contribution in [0.1, 0.15) is 42.0 Å². The van der Waals surface area contributed by atoms with E-state index < -0.39 is 0 Å². The summed E-state index contributed by atoms with van der Waals surface area (Å²) in [5, 5.41) is 3.51. The summed E-state index contributed by atoms with van der Waals surface area (Å²) in [5.41, 5.74) is 4.12. The third kappa shape index (κ3) is 2.70. The Labute approximate surface area is 122 Å². The molecule has 1 fully saturated rings. The summed E-state index contributed by atoms with van der Waals surface area (Å²) >= 11 is 0. The molecule has 1 unspecified atom stereocenters. The number of benzene rings is 1. The molecule has 0 aliphatic carbocycles. The van der Waals surface area contributed by atoms with Crippen molar-refractivity contribution >= 4 is 0 Å². The lowest BCUT2D eigenvalue weighted by Gasteiger charge is -2.31. The summed E-state index contributed by atoms with van der Waals surface area (Å²) in [7, 11) is 0. The highest BCUT2D eigenvalue weighted by Crippen LogP contribution is 2.39. The van der Waals surface area contributed by atoms with Gasteiger partial charge in [0.25, 0.3) is 0 Å². The third-order valence-corrected chi connectivity index (χ3v) is 4.63. The zero-order chi connectivity index (χ0) is 13.9. The molecule has 2 heterocycles. The second kappa shape index (κ2) is 6.15. The molecule has 3 heteroatoms. The lowest BCUT2D eigenvalue weighted by Crippen LogP contribution is -2.32. The minimum absolute atomic E-state index is 0.535. The van der Waals surface area contributed by atoms with E-state index in [2.05, 4.69) is 36.2 Å². The number of nitrogens with zero attached hydrogens (tertiary/aromatic N) is 1. The van der Waals surface area contributed by atoms with Crippen LogP contribution in [0.3, 0.4) is 0 Å². The van der Waals surface area contributed by atoms with Crippen LogP contribution < -0.4 is 10.1 Å². The third-order valence-electron chi connectivity index (χ3n) is 4.63. The average molecular weight is 274 g/mol. The first-order valence-electron chi connectivity index (χ1n) is 7.95. The van der Waals surface area contributed by atoms with Gasteiger partial charge in [-0.1, -0.05) is 12.1 Å². The van der Waals surface area contributed by atoms with Crippen LogP contribution in [-0.4, -0.2) is 37.7 Å². The van der Waals surface area contributed by atoms with Gasteiger partial charge in [-0.3, -0.25) is 4.90 Å². The fraction of sp³-hybridized carbons (Fsp3) is 0.647. The summed E-state index contributed by atoms with van der Waals surface area (Å²) < 4.78 is 6.07. The van der Waals surface area contributed by atoms with E-state index in [-0.39, 0.29) is 0 Å². The van der Waals surface area contributed by atoms with Gasteiger partial charge in [0.2, 0.25) is 0 Å². The van der Waals surface area contributed by atoms with Crippen molar-refractivity contribution in [3.8, 4) is 5.75 Å². The first kappa shape index (κ1) is 13.9. The zero-order valence-corrected chi connectivity index (χ0v) is 12.7. The first-order valence-corrected chi connectivity index (χ1v) is 7.95. The summed E-state index contributed by atoms with van der Waals surface area (Å²) in [6, 6.07) is 4.99. The second-order valence-corrected chi connectivity index (χ2v) is 6.09. The number of hydrogen-bond acceptors (Lipinski definition) is 3. The number of hydrogen-bond donors (Lipinski definition) is 1. The van der Waals surface area contributed by atoms with Crippen molar-refractivity contribution in [1.82, 2.24) is 10.2 Å². The van der Waals surface area contributed by atoms with Gasteiger partial charge in [-0.25, -0.2) is 0 Å². The normalized spacial score (nSPS) is 24.4. The van der Waals surface area contributed by atoms with E-state index in [0.717, 1.165) is 38.4 Å². The van der Waals surface area contributed by atoms with Gasteiger partial charge in [0.15, 0.2) is 0 Å². The molecule has 0 spiro atoms. The smallest absolute Gasteiger partial charge is 0.127 e. The van der Waals surface area contributed by atoms with Crippen molar-refractivity contribution in [3.05, 3.63) is 28.8 Å². The van der Waals surface area contributed by atoms with E-state index in [1.807, 2.05) is 0 Å². The van der Waals surface area contributed by atoms with Gasteiger partial charge in [0, 0.05) is 31.2 Å². The lowest BCUT2D eigenvalue weighted by atomic mass is 9.93. The van der Waals surface area contributed by atoms with Crippen molar-refractivity contribution in [2.45, 2.75) is 39.2 Å². The van der Waals surface area contributed by atoms with Crippen molar-refractivity contribution in [3.63, 3.8) is 0 Å². The molecule has 0 aromatic heterocycles. The van der Waals surface area contributed by atoms with Crippen molar-refractivity contribution in [2.75, 3.05) is 32.8 Å². The molecule has 1 aromatic rings. The van der Waals surface area contributed by atoms with Crippen molar-refractivity contribution in [1.29, 1.82) is 0 Å². The molecule has 0 amide bonds. The highest BCUT2D eigenvalue weighted by atomic mass is 16.5. The quantitative estimate of drug-likeness (QED) is 0.852. The first-order chi connectivity index (χ1) is 9.77. The number of aryl methyl sites for hydroxylation is 2. The summed E-state index contributed by atoms with van der Waals surface area (Å²) in [5.74, 6) is 1.16. The van der Waals surface area contributed by atoms with Crippen LogP contribution in [0.15, 0.2) is 12.1 Å². The largest absolute Gasteiger partial charge is 0.493 e. The molecule has 1 N–H and O–H groups in total. The molecular weight excluding hydrogens is 248 g/mol. The fourth-order valence-electron chi connectivity index (χ4n) is 3.55. The predicted molar refractivity (Wildman–Crippen MR) is 82.4 cm³/mol. The molecular formula is C17H26N2O. The van der Waals surface area contributed by atoms with Crippen LogP contribution in [-0.2, 0) is 0 Å². The van der Waals surface area contributed by atoms with E-state index in [4.69, 9.17) is 4.74 Å². The number of rotatable bonds is 1. The highest BCUT2D eigenvalue weighted by Gasteiger charge is 2.28. The highest BCUT2D eigenvalue weighted by molar-refractivity contribution is 5.48. The van der Waals surface area contributed by atoms with E-state index in [9.17, 15) is 0 Å². The topological polar surface area (TPSA) is 24.5 Å². The fourth-order valence-corrected chi connectivity index (χ4v) is 3.55. The molecule has 2 aliphatic heterocycles. The monoisotopic (exact) mass is 274 g/mol. The van der Waals surface area contributed by atoms with E-state index in [0.29, 0.717) is 6.04 Å². The molecule has 0 bridgehead atoms. The minimum Gasteiger partial charge on any atom is -0.493 e. The molecule has 2 aliphatic rings. The average Bonchev–Trinajstić information content (AvgIpc) is 2.83. The molecule has 0 radical (unpaired) electrons. The van der Waals surface area contributed by atoms with Gasteiger partial charge in [0.05, 0.1) is 6.61 Å². The molecule has 3 nitrogen and oxygen atoms in total. The SMILES string of the molecule is Cc1ccc(C)c2c1OCCCC2N1CCCNCC1. The minimum atomic E-state index is 0.535. The van der Waals surface area contributed by atoms with Crippen molar-refractivity contribution < 1.29 is 4.74 Å². The van der Waals surface area contributed by atoms with Crippen LogP contribution in [0.5, 0.6) is 5.75 Å². The Morgan fingerprint density at radius 1 is 1.10 bits per heavy atom. The van der Waals surface area contributed by atoms with Gasteiger partial charge < -0.3 is 10.1 Å². The van der Waals surface area contributed by atoms with Gasteiger partial charge in [-0.15, -0.1) is 0 Å². The Hall–Kier alpha value is -1.06. The van der Waals surface area contributed by atoms with Crippen molar-refractivity contribution in [2.24, 2.45) is 0 Å². The van der Waals surface area contributed by atoms with Gasteiger partial charge in [-0.2, -0.15) is 0 Å². The zero-order valence-electron chi connectivity index (χ0n) is 12.7. The van der Waals surface area contributed by atoms with Crippen LogP contribution in [0.25, 0.3) is 0 Å². The van der Waals surface area contributed by atoms with Gasteiger partial charge >= 0.3 is 0 Å². The Bertz CT molecular complexity index is 464. The number of fused-ring (bicyclic) bond motifs is 1. The summed E-state index contributed by atoms with van der Waals surface area (Å²) in [6.45, 7) is 9.87. The summed E-state index contributed by atoms with van der Waals surface area (Å²) in [6.07, 6.45) is 3.62. The molecule has 1 atom stereocenters. The second-order valence-electron chi connectivity index (χ2n) is 6.09. The molecule has 1 saturated heterocycles. The number of nitrogens with one attached hydrogen (secondary N) is 1. The van der Waals surface area contributed by atoms with Crippen LogP contribution in [0.2, 0.25) is 0 Å². The summed E-state index contributed by atoms with van der Waals surface area (Å²) in [4.78, 5) is 2.67. The molecule has 0 saturated carbocycles. The lowest BCUT2D eigenvalue weighted by molar-refractivity contribution is 0.199. The van der Waals surface area contributed by atoms with Gasteiger partial charge in [-0.05, 0) is 50.8 Å². The maximum Gasteiger partial charge on any atom is 0.127 e. The number of ether oxygens (including phenoxy) is 1. The maximum absolute atomic E-state index is 6.07.